The zero-order valence-corrected chi connectivity index (χ0v) is 14.1. The van der Waals surface area contributed by atoms with Crippen LogP contribution >= 0.6 is 0 Å². The van der Waals surface area contributed by atoms with Gasteiger partial charge in [-0.25, -0.2) is 0 Å². The summed E-state index contributed by atoms with van der Waals surface area (Å²) in [4.78, 5) is 38.7. The lowest BCUT2D eigenvalue weighted by Crippen LogP contribution is -2.54. The highest BCUT2D eigenvalue weighted by atomic mass is 16.7. The minimum Gasteiger partial charge on any atom is -0.347 e. The van der Waals surface area contributed by atoms with E-state index in [0.29, 0.717) is 32.8 Å². The fraction of sp³-hybridized carbons (Fsp3) is 0.812. The second-order valence-electron chi connectivity index (χ2n) is 6.68. The van der Waals surface area contributed by atoms with E-state index in [0.717, 1.165) is 25.7 Å². The highest BCUT2D eigenvalue weighted by molar-refractivity contribution is 6.35. The van der Waals surface area contributed by atoms with Gasteiger partial charge in [-0.1, -0.05) is 0 Å². The first kappa shape index (κ1) is 17.2. The van der Waals surface area contributed by atoms with Gasteiger partial charge in [-0.3, -0.25) is 14.4 Å². The third-order valence-corrected chi connectivity index (χ3v) is 4.98. The first-order valence-corrected chi connectivity index (χ1v) is 8.63. The standard InChI is InChI=1S/C16H25N3O5/c1-12(20)18-6-8-19(9-7-18)15(22)14(21)17-10-13-11-23-16(24-13)4-2-3-5-16/h13H,2-11H2,1H3,(H,17,21)/t13-/m0/s1. The van der Waals surface area contributed by atoms with Gasteiger partial charge in [0.15, 0.2) is 5.79 Å². The summed E-state index contributed by atoms with van der Waals surface area (Å²) in [6.45, 7) is 3.94. The topological polar surface area (TPSA) is 88.2 Å². The van der Waals surface area contributed by atoms with Crippen molar-refractivity contribution < 1.29 is 23.9 Å². The molecule has 1 atom stereocenters. The molecule has 2 saturated heterocycles. The first-order valence-electron chi connectivity index (χ1n) is 8.63. The van der Waals surface area contributed by atoms with E-state index in [1.165, 1.54) is 11.8 Å². The molecule has 0 bridgehead atoms. The number of ether oxygens (including phenoxy) is 2. The third kappa shape index (κ3) is 3.70. The number of nitrogens with one attached hydrogen (secondary N) is 1. The number of hydrogen-bond acceptors (Lipinski definition) is 5. The Morgan fingerprint density at radius 3 is 2.33 bits per heavy atom. The van der Waals surface area contributed by atoms with Crippen LogP contribution in [0.5, 0.6) is 0 Å². The Bertz CT molecular complexity index is 510. The van der Waals surface area contributed by atoms with Crippen LogP contribution in [0.3, 0.4) is 0 Å². The van der Waals surface area contributed by atoms with Crippen molar-refractivity contribution in [3.05, 3.63) is 0 Å². The van der Waals surface area contributed by atoms with E-state index in [9.17, 15) is 14.4 Å². The Kier molecular flexibility index (Phi) is 5.05. The fourth-order valence-electron chi connectivity index (χ4n) is 3.54. The summed E-state index contributed by atoms with van der Waals surface area (Å²) in [6, 6.07) is 0. The third-order valence-electron chi connectivity index (χ3n) is 4.98. The fourth-order valence-corrected chi connectivity index (χ4v) is 3.54. The molecule has 1 spiro atoms. The van der Waals surface area contributed by atoms with Crippen LogP contribution < -0.4 is 5.32 Å². The van der Waals surface area contributed by atoms with Crippen molar-refractivity contribution in [3.63, 3.8) is 0 Å². The Hall–Kier alpha value is -1.67. The molecule has 0 radical (unpaired) electrons. The molecular weight excluding hydrogens is 314 g/mol. The first-order chi connectivity index (χ1) is 11.5. The summed E-state index contributed by atoms with van der Waals surface area (Å²) in [7, 11) is 0. The molecule has 8 heteroatoms. The summed E-state index contributed by atoms with van der Waals surface area (Å²) in [6.07, 6.45) is 3.80. The van der Waals surface area contributed by atoms with E-state index in [1.54, 1.807) is 4.90 Å². The van der Waals surface area contributed by atoms with Gasteiger partial charge in [0.25, 0.3) is 0 Å². The van der Waals surface area contributed by atoms with Crippen molar-refractivity contribution >= 4 is 17.7 Å². The highest BCUT2D eigenvalue weighted by Gasteiger charge is 2.43. The number of nitrogens with zero attached hydrogens (tertiary/aromatic N) is 2. The number of hydrogen-bond donors (Lipinski definition) is 1. The van der Waals surface area contributed by atoms with Gasteiger partial charge in [0.1, 0.15) is 6.10 Å². The van der Waals surface area contributed by atoms with Crippen molar-refractivity contribution in [1.82, 2.24) is 15.1 Å². The molecule has 2 heterocycles. The largest absolute Gasteiger partial charge is 0.347 e. The maximum atomic E-state index is 12.2. The predicted octanol–water partition coefficient (Wildman–Crippen LogP) is -0.521. The SMILES string of the molecule is CC(=O)N1CCN(C(=O)C(=O)NC[C@H]2COC3(CCCC3)O2)CC1. The van der Waals surface area contributed by atoms with Crippen LogP contribution in [0.15, 0.2) is 0 Å². The van der Waals surface area contributed by atoms with Crippen LogP contribution in [0.1, 0.15) is 32.6 Å². The van der Waals surface area contributed by atoms with Crippen LogP contribution in [-0.4, -0.2) is 78.7 Å². The summed E-state index contributed by atoms with van der Waals surface area (Å²) >= 11 is 0. The number of rotatable bonds is 2. The number of amides is 3. The van der Waals surface area contributed by atoms with Crippen LogP contribution in [-0.2, 0) is 23.9 Å². The summed E-state index contributed by atoms with van der Waals surface area (Å²) in [5.41, 5.74) is 0. The van der Waals surface area contributed by atoms with Crippen LogP contribution in [0.4, 0.5) is 0 Å². The van der Waals surface area contributed by atoms with Crippen molar-refractivity contribution in [3.8, 4) is 0 Å². The van der Waals surface area contributed by atoms with E-state index in [2.05, 4.69) is 5.32 Å². The second-order valence-corrected chi connectivity index (χ2v) is 6.68. The Balaban J connectivity index is 1.41. The van der Waals surface area contributed by atoms with E-state index in [1.807, 2.05) is 0 Å². The number of piperazine rings is 1. The Labute approximate surface area is 141 Å². The summed E-state index contributed by atoms with van der Waals surface area (Å²) in [5.74, 6) is -1.64. The van der Waals surface area contributed by atoms with Gasteiger partial charge in [0.2, 0.25) is 5.91 Å². The summed E-state index contributed by atoms with van der Waals surface area (Å²) < 4.78 is 11.7. The average molecular weight is 339 g/mol. The van der Waals surface area contributed by atoms with E-state index in [4.69, 9.17) is 9.47 Å². The molecular formula is C16H25N3O5. The molecule has 3 rings (SSSR count). The van der Waals surface area contributed by atoms with Crippen molar-refractivity contribution in [2.24, 2.45) is 0 Å². The monoisotopic (exact) mass is 339 g/mol. The maximum absolute atomic E-state index is 12.2. The van der Waals surface area contributed by atoms with E-state index >= 15 is 0 Å². The van der Waals surface area contributed by atoms with Crippen molar-refractivity contribution in [2.45, 2.75) is 44.5 Å². The predicted molar refractivity (Wildman–Crippen MR) is 83.9 cm³/mol. The Morgan fingerprint density at radius 1 is 1.08 bits per heavy atom. The zero-order chi connectivity index (χ0) is 17.2. The smallest absolute Gasteiger partial charge is 0.312 e. The Morgan fingerprint density at radius 2 is 1.71 bits per heavy atom. The minimum atomic E-state index is -0.623. The second kappa shape index (κ2) is 7.06. The lowest BCUT2D eigenvalue weighted by Gasteiger charge is -2.33. The quantitative estimate of drug-likeness (QED) is 0.684. The lowest BCUT2D eigenvalue weighted by atomic mass is 10.2. The van der Waals surface area contributed by atoms with Crippen molar-refractivity contribution in [2.75, 3.05) is 39.3 Å². The molecule has 0 aromatic carbocycles. The van der Waals surface area contributed by atoms with Crippen LogP contribution in [0, 0.1) is 0 Å². The molecule has 0 aromatic heterocycles. The van der Waals surface area contributed by atoms with Gasteiger partial charge in [-0.05, 0) is 12.8 Å². The van der Waals surface area contributed by atoms with Crippen molar-refractivity contribution in [1.29, 1.82) is 0 Å². The maximum Gasteiger partial charge on any atom is 0.312 e. The molecule has 3 amide bonds. The van der Waals surface area contributed by atoms with Gasteiger partial charge in [-0.2, -0.15) is 0 Å². The molecule has 2 aliphatic heterocycles. The number of carbonyl (C=O) groups is 3. The zero-order valence-electron chi connectivity index (χ0n) is 14.1. The van der Waals surface area contributed by atoms with E-state index < -0.39 is 17.6 Å². The highest BCUT2D eigenvalue weighted by Crippen LogP contribution is 2.38. The van der Waals surface area contributed by atoms with Gasteiger partial charge in [-0.15, -0.1) is 0 Å². The van der Waals surface area contributed by atoms with Gasteiger partial charge in [0, 0.05) is 52.5 Å². The number of carbonyl (C=O) groups excluding carboxylic acids is 3. The van der Waals surface area contributed by atoms with E-state index in [-0.39, 0.29) is 18.6 Å². The normalized spacial score (nSPS) is 26.0. The molecule has 0 aromatic rings. The summed E-state index contributed by atoms with van der Waals surface area (Å²) in [5, 5.41) is 2.65. The molecule has 24 heavy (non-hydrogen) atoms. The van der Waals surface area contributed by atoms with Crippen LogP contribution in [0.2, 0.25) is 0 Å². The van der Waals surface area contributed by atoms with Gasteiger partial charge in [0.05, 0.1) is 6.61 Å². The van der Waals surface area contributed by atoms with Gasteiger partial charge >= 0.3 is 11.8 Å². The molecule has 1 aliphatic carbocycles. The minimum absolute atomic E-state index is 0.00854. The molecule has 0 unspecified atom stereocenters. The molecule has 3 fully saturated rings. The van der Waals surface area contributed by atoms with Gasteiger partial charge < -0.3 is 24.6 Å². The molecule has 8 nitrogen and oxygen atoms in total. The molecule has 1 N–H and O–H groups in total. The van der Waals surface area contributed by atoms with Crippen LogP contribution in [0.25, 0.3) is 0 Å². The molecule has 1 saturated carbocycles. The molecule has 3 aliphatic rings. The molecule has 134 valence electrons. The lowest BCUT2D eigenvalue weighted by molar-refractivity contribution is -0.162. The average Bonchev–Trinajstić information content (AvgIpc) is 3.22.